The van der Waals surface area contributed by atoms with Crippen LogP contribution in [0.5, 0.6) is 5.75 Å². The molecule has 2 heterocycles. The number of benzene rings is 1. The number of nitrogens with two attached hydrogens (primary N) is 1. The number of hydrogen-bond acceptors (Lipinski definition) is 7. The summed E-state index contributed by atoms with van der Waals surface area (Å²) in [5.74, 6) is 1.66. The molecule has 8 heteroatoms. The van der Waals surface area contributed by atoms with Gasteiger partial charge in [0.1, 0.15) is 11.9 Å². The molecule has 1 aromatic heterocycles. The molecule has 0 atom stereocenters. The number of hydrogen-bond donors (Lipinski definition) is 1. The number of piperidine rings is 1. The third kappa shape index (κ3) is 3.22. The van der Waals surface area contributed by atoms with Crippen LogP contribution in [0.3, 0.4) is 0 Å². The Kier molecular flexibility index (Phi) is 4.45. The molecule has 0 amide bonds. The Hall–Kier alpha value is -2.90. The van der Waals surface area contributed by atoms with Crippen LogP contribution in [0.4, 0.5) is 17.5 Å². The lowest BCUT2D eigenvalue weighted by molar-refractivity contribution is -0.384. The molecule has 8 nitrogen and oxygen atoms in total. The van der Waals surface area contributed by atoms with E-state index in [9.17, 15) is 10.1 Å². The average molecular weight is 329 g/mol. The summed E-state index contributed by atoms with van der Waals surface area (Å²) >= 11 is 0. The lowest BCUT2D eigenvalue weighted by Crippen LogP contribution is -2.34. The maximum Gasteiger partial charge on any atom is 0.329 e. The minimum atomic E-state index is -0.575. The summed E-state index contributed by atoms with van der Waals surface area (Å²) in [6.07, 6.45) is 3.08. The van der Waals surface area contributed by atoms with E-state index in [-0.39, 0.29) is 11.5 Å². The Morgan fingerprint density at radius 3 is 2.75 bits per heavy atom. The second kappa shape index (κ2) is 6.69. The Labute approximate surface area is 139 Å². The molecule has 2 aromatic rings. The lowest BCUT2D eigenvalue weighted by Gasteiger charge is -2.32. The molecule has 0 aliphatic carbocycles. The van der Waals surface area contributed by atoms with Crippen molar-refractivity contribution in [1.29, 1.82) is 0 Å². The molecular weight excluding hydrogens is 310 g/mol. The number of rotatable bonds is 4. The first-order valence-electron chi connectivity index (χ1n) is 7.74. The van der Waals surface area contributed by atoms with Gasteiger partial charge >= 0.3 is 5.69 Å². The molecule has 0 bridgehead atoms. The zero-order valence-electron chi connectivity index (χ0n) is 13.4. The number of nitro groups is 1. The molecule has 126 valence electrons. The van der Waals surface area contributed by atoms with Crippen molar-refractivity contribution in [2.45, 2.75) is 18.8 Å². The molecule has 3 rings (SSSR count). The Balaban J connectivity index is 1.68. The highest BCUT2D eigenvalue weighted by molar-refractivity contribution is 5.54. The van der Waals surface area contributed by atoms with E-state index in [1.807, 2.05) is 17.0 Å². The van der Waals surface area contributed by atoms with E-state index in [2.05, 4.69) is 22.1 Å². The molecule has 24 heavy (non-hydrogen) atoms. The van der Waals surface area contributed by atoms with Crippen molar-refractivity contribution in [2.75, 3.05) is 30.8 Å². The fraction of sp³-hybridized carbons (Fsp3) is 0.375. The van der Waals surface area contributed by atoms with Gasteiger partial charge in [-0.05, 0) is 36.5 Å². The van der Waals surface area contributed by atoms with Crippen molar-refractivity contribution < 1.29 is 9.66 Å². The average Bonchev–Trinajstić information content (AvgIpc) is 2.61. The summed E-state index contributed by atoms with van der Waals surface area (Å²) in [6, 6.07) is 8.12. The van der Waals surface area contributed by atoms with Crippen molar-refractivity contribution in [3.8, 4) is 5.75 Å². The lowest BCUT2D eigenvalue weighted by atomic mass is 9.89. The predicted octanol–water partition coefficient (Wildman–Crippen LogP) is 2.36. The molecule has 2 N–H and O–H groups in total. The fourth-order valence-electron chi connectivity index (χ4n) is 2.98. The van der Waals surface area contributed by atoms with Crippen molar-refractivity contribution in [3.63, 3.8) is 0 Å². The summed E-state index contributed by atoms with van der Waals surface area (Å²) in [4.78, 5) is 20.4. The van der Waals surface area contributed by atoms with E-state index in [1.165, 1.54) is 11.8 Å². The highest BCUT2D eigenvalue weighted by atomic mass is 16.6. The summed E-state index contributed by atoms with van der Waals surface area (Å²) in [5, 5.41) is 10.8. The highest BCUT2D eigenvalue weighted by Gasteiger charge is 2.24. The van der Waals surface area contributed by atoms with E-state index in [0.717, 1.165) is 31.7 Å². The van der Waals surface area contributed by atoms with Crippen LogP contribution in [0, 0.1) is 10.1 Å². The molecule has 0 radical (unpaired) electrons. The second-order valence-corrected chi connectivity index (χ2v) is 5.74. The first-order valence-corrected chi connectivity index (χ1v) is 7.74. The van der Waals surface area contributed by atoms with Gasteiger partial charge in [0.15, 0.2) is 0 Å². The zero-order valence-corrected chi connectivity index (χ0v) is 13.4. The van der Waals surface area contributed by atoms with Gasteiger partial charge in [-0.25, -0.2) is 4.98 Å². The first kappa shape index (κ1) is 16.0. The van der Waals surface area contributed by atoms with Gasteiger partial charge < -0.3 is 15.4 Å². The van der Waals surface area contributed by atoms with Crippen LogP contribution >= 0.6 is 0 Å². The number of methoxy groups -OCH3 is 1. The zero-order chi connectivity index (χ0) is 17.1. The van der Waals surface area contributed by atoms with E-state index in [1.54, 1.807) is 7.11 Å². The van der Waals surface area contributed by atoms with Crippen molar-refractivity contribution in [2.24, 2.45) is 0 Å². The minimum absolute atomic E-state index is 0.0973. The van der Waals surface area contributed by atoms with E-state index in [4.69, 9.17) is 10.5 Å². The molecule has 1 aliphatic rings. The topological polar surface area (TPSA) is 107 Å². The smallest absolute Gasteiger partial charge is 0.329 e. The van der Waals surface area contributed by atoms with Gasteiger partial charge in [0, 0.05) is 13.1 Å². The van der Waals surface area contributed by atoms with Crippen LogP contribution in [0.2, 0.25) is 0 Å². The largest absolute Gasteiger partial charge is 0.497 e. The van der Waals surface area contributed by atoms with Gasteiger partial charge in [-0.15, -0.1) is 0 Å². The van der Waals surface area contributed by atoms with Crippen LogP contribution in [-0.4, -0.2) is 35.1 Å². The molecular formula is C16H19N5O3. The summed E-state index contributed by atoms with van der Waals surface area (Å²) in [7, 11) is 1.66. The van der Waals surface area contributed by atoms with Crippen molar-refractivity contribution in [3.05, 3.63) is 46.1 Å². The van der Waals surface area contributed by atoms with Gasteiger partial charge in [0.05, 0.1) is 12.0 Å². The van der Waals surface area contributed by atoms with E-state index >= 15 is 0 Å². The first-order chi connectivity index (χ1) is 11.6. The monoisotopic (exact) mass is 329 g/mol. The molecule has 1 aromatic carbocycles. The molecule has 0 spiro atoms. The van der Waals surface area contributed by atoms with Crippen LogP contribution in [0.15, 0.2) is 30.5 Å². The number of nitrogen functional groups attached to an aromatic ring is 1. The van der Waals surface area contributed by atoms with Crippen molar-refractivity contribution in [1.82, 2.24) is 9.97 Å². The predicted molar refractivity (Wildman–Crippen MR) is 90.3 cm³/mol. The maximum absolute atomic E-state index is 10.8. The van der Waals surface area contributed by atoms with Gasteiger partial charge in [0.25, 0.3) is 0 Å². The highest BCUT2D eigenvalue weighted by Crippen LogP contribution is 2.31. The second-order valence-electron chi connectivity index (χ2n) is 5.74. The quantitative estimate of drug-likeness (QED) is 0.677. The molecule has 0 saturated carbocycles. The minimum Gasteiger partial charge on any atom is -0.497 e. The SMILES string of the molecule is COc1cccc(C2CCN(c3ncc([N+](=O)[O-])c(N)n3)CC2)c1. The van der Waals surface area contributed by atoms with Crippen LogP contribution in [0.25, 0.3) is 0 Å². The summed E-state index contributed by atoms with van der Waals surface area (Å²) in [6.45, 7) is 1.55. The van der Waals surface area contributed by atoms with Gasteiger partial charge in [-0.1, -0.05) is 12.1 Å². The number of aromatic nitrogens is 2. The van der Waals surface area contributed by atoms with Crippen LogP contribution in [-0.2, 0) is 0 Å². The van der Waals surface area contributed by atoms with E-state index < -0.39 is 4.92 Å². The molecule has 1 saturated heterocycles. The number of anilines is 2. The van der Waals surface area contributed by atoms with Gasteiger partial charge in [-0.3, -0.25) is 10.1 Å². The van der Waals surface area contributed by atoms with Gasteiger partial charge in [-0.2, -0.15) is 4.98 Å². The normalized spacial score (nSPS) is 15.3. The van der Waals surface area contributed by atoms with Crippen LogP contribution in [0.1, 0.15) is 24.3 Å². The fourth-order valence-corrected chi connectivity index (χ4v) is 2.98. The summed E-state index contributed by atoms with van der Waals surface area (Å²) in [5.41, 5.74) is 6.65. The van der Waals surface area contributed by atoms with Crippen LogP contribution < -0.4 is 15.4 Å². The molecule has 0 unspecified atom stereocenters. The third-order valence-electron chi connectivity index (χ3n) is 4.32. The van der Waals surface area contributed by atoms with E-state index in [0.29, 0.717) is 11.9 Å². The molecule has 1 fully saturated rings. The maximum atomic E-state index is 10.8. The van der Waals surface area contributed by atoms with Gasteiger partial charge in [0.2, 0.25) is 11.8 Å². The standard InChI is InChI=1S/C16H19N5O3/c1-24-13-4-2-3-12(9-13)11-5-7-20(8-6-11)16-18-10-14(21(22)23)15(17)19-16/h2-4,9-11H,5-8H2,1H3,(H2,17,18,19). The number of nitrogens with zero attached hydrogens (tertiary/aromatic N) is 4. The van der Waals surface area contributed by atoms with Crippen molar-refractivity contribution >= 4 is 17.5 Å². The third-order valence-corrected chi connectivity index (χ3v) is 4.32. The Morgan fingerprint density at radius 2 is 2.12 bits per heavy atom. The Morgan fingerprint density at radius 1 is 1.38 bits per heavy atom. The summed E-state index contributed by atoms with van der Waals surface area (Å²) < 4.78 is 5.28. The number of ether oxygens (including phenoxy) is 1. The molecule has 1 aliphatic heterocycles. The Bertz CT molecular complexity index is 744.